The van der Waals surface area contributed by atoms with Gasteiger partial charge in [-0.25, -0.2) is 9.18 Å². The molecule has 3 rings (SSSR count). The molecule has 4 heteroatoms. The van der Waals surface area contributed by atoms with Crippen molar-refractivity contribution in [2.75, 3.05) is 0 Å². The molecule has 3 aromatic rings. The van der Waals surface area contributed by atoms with Crippen molar-refractivity contribution in [3.8, 4) is 17.0 Å². The number of carbonyl (C=O) groups excluding carboxylic acids is 1. The molecule has 0 aliphatic rings. The highest BCUT2D eigenvalue weighted by molar-refractivity contribution is 5.91. The number of ether oxygens (including phenoxy) is 1. The van der Waals surface area contributed by atoms with Crippen LogP contribution in [0.2, 0.25) is 0 Å². The summed E-state index contributed by atoms with van der Waals surface area (Å²) in [5, 5.41) is 0. The van der Waals surface area contributed by atoms with E-state index in [0.717, 1.165) is 48.9 Å². The van der Waals surface area contributed by atoms with E-state index in [4.69, 9.17) is 4.74 Å². The van der Waals surface area contributed by atoms with Crippen LogP contribution in [0.4, 0.5) is 4.39 Å². The number of aryl methyl sites for hydroxylation is 2. The number of aromatic nitrogens is 1. The number of halogens is 1. The number of nitrogens with zero attached hydrogens (tertiary/aromatic N) is 1. The number of hydrogen-bond donors (Lipinski definition) is 0. The number of hydrogen-bond acceptors (Lipinski definition) is 3. The third kappa shape index (κ3) is 7.52. The Hall–Kier alpha value is -3.01. The largest absolute Gasteiger partial charge is 0.420 e. The smallest absolute Gasteiger partial charge is 0.343 e. The van der Waals surface area contributed by atoms with Gasteiger partial charge >= 0.3 is 5.97 Å². The van der Waals surface area contributed by atoms with Crippen LogP contribution in [0.3, 0.4) is 0 Å². The Labute approximate surface area is 197 Å². The molecule has 0 radical (unpaired) electrons. The van der Waals surface area contributed by atoms with Crippen LogP contribution in [0.5, 0.6) is 5.75 Å². The molecule has 0 bridgehead atoms. The fraction of sp³-hybridized carbons (Fsp3) is 0.379. The maximum absolute atomic E-state index is 14.4. The Bertz CT molecular complexity index is 1010. The highest BCUT2D eigenvalue weighted by Gasteiger charge is 2.13. The first kappa shape index (κ1) is 24.6. The van der Waals surface area contributed by atoms with E-state index in [1.807, 2.05) is 30.5 Å². The Balaban J connectivity index is 1.58. The lowest BCUT2D eigenvalue weighted by Crippen LogP contribution is -2.09. The first-order valence-corrected chi connectivity index (χ1v) is 12.2. The predicted octanol–water partition coefficient (Wildman–Crippen LogP) is 7.96. The molecule has 0 saturated carbocycles. The van der Waals surface area contributed by atoms with E-state index in [-0.39, 0.29) is 5.75 Å². The normalized spacial score (nSPS) is 10.9. The van der Waals surface area contributed by atoms with Gasteiger partial charge in [0.1, 0.15) is 0 Å². The zero-order chi connectivity index (χ0) is 23.5. The molecule has 174 valence electrons. The molecule has 0 spiro atoms. The van der Waals surface area contributed by atoms with Crippen molar-refractivity contribution >= 4 is 5.97 Å². The van der Waals surface area contributed by atoms with E-state index >= 15 is 0 Å². The van der Waals surface area contributed by atoms with Crippen molar-refractivity contribution < 1.29 is 13.9 Å². The first-order chi connectivity index (χ1) is 16.1. The van der Waals surface area contributed by atoms with Crippen molar-refractivity contribution in [2.45, 2.75) is 71.6 Å². The number of carbonyl (C=O) groups is 1. The molecule has 0 N–H and O–H groups in total. The van der Waals surface area contributed by atoms with Crippen LogP contribution in [0.1, 0.15) is 80.3 Å². The molecule has 0 aliphatic heterocycles. The van der Waals surface area contributed by atoms with E-state index in [1.54, 1.807) is 12.1 Å². The van der Waals surface area contributed by atoms with Crippen LogP contribution in [-0.2, 0) is 12.8 Å². The molecule has 1 aromatic heterocycles. The van der Waals surface area contributed by atoms with Crippen molar-refractivity contribution in [2.24, 2.45) is 0 Å². The summed E-state index contributed by atoms with van der Waals surface area (Å²) >= 11 is 0. The van der Waals surface area contributed by atoms with Gasteiger partial charge in [0, 0.05) is 11.8 Å². The van der Waals surface area contributed by atoms with Crippen LogP contribution in [-0.4, -0.2) is 11.0 Å². The summed E-state index contributed by atoms with van der Waals surface area (Å²) < 4.78 is 19.7. The molecule has 0 saturated heterocycles. The molecular weight excluding hydrogens is 413 g/mol. The summed E-state index contributed by atoms with van der Waals surface area (Å²) in [7, 11) is 0. The van der Waals surface area contributed by atoms with Crippen molar-refractivity contribution in [3.63, 3.8) is 0 Å². The lowest BCUT2D eigenvalue weighted by atomic mass is 10.1. The molecular formula is C29H34FNO2. The van der Waals surface area contributed by atoms with Crippen molar-refractivity contribution in [1.29, 1.82) is 0 Å². The summed E-state index contributed by atoms with van der Waals surface area (Å²) in [6.45, 7) is 4.35. The van der Waals surface area contributed by atoms with Gasteiger partial charge in [0.05, 0.1) is 11.3 Å². The van der Waals surface area contributed by atoms with E-state index in [1.165, 1.54) is 43.4 Å². The zero-order valence-corrected chi connectivity index (χ0v) is 19.8. The summed E-state index contributed by atoms with van der Waals surface area (Å²) in [4.78, 5) is 17.1. The lowest BCUT2D eigenvalue weighted by Gasteiger charge is -2.08. The summed E-state index contributed by atoms with van der Waals surface area (Å²) in [5.41, 5.74) is 4.32. The SMILES string of the molecule is CCCCCCc1ccc(-c2ccc(C(=O)Oc3ccc(CCCCC)cc3F)cc2)nc1. The first-order valence-electron chi connectivity index (χ1n) is 12.2. The number of rotatable bonds is 12. The van der Waals surface area contributed by atoms with Gasteiger partial charge in [-0.05, 0) is 67.1 Å². The molecule has 33 heavy (non-hydrogen) atoms. The molecule has 0 amide bonds. The Morgan fingerprint density at radius 1 is 0.818 bits per heavy atom. The number of esters is 1. The zero-order valence-electron chi connectivity index (χ0n) is 19.8. The van der Waals surface area contributed by atoms with Crippen molar-refractivity contribution in [3.05, 3.63) is 83.3 Å². The molecule has 0 aliphatic carbocycles. The average Bonchev–Trinajstić information content (AvgIpc) is 2.84. The second kappa shape index (κ2) is 12.9. The quantitative estimate of drug-likeness (QED) is 0.161. The lowest BCUT2D eigenvalue weighted by molar-refractivity contribution is 0.0728. The maximum atomic E-state index is 14.4. The third-order valence-electron chi connectivity index (χ3n) is 5.83. The second-order valence-corrected chi connectivity index (χ2v) is 8.55. The number of benzene rings is 2. The minimum absolute atomic E-state index is 0.0421. The van der Waals surface area contributed by atoms with Crippen LogP contribution < -0.4 is 4.74 Å². The molecule has 0 fully saturated rings. The monoisotopic (exact) mass is 447 g/mol. The highest BCUT2D eigenvalue weighted by atomic mass is 19.1. The minimum atomic E-state index is -0.574. The van der Waals surface area contributed by atoms with Gasteiger partial charge in [0.15, 0.2) is 11.6 Å². The molecule has 1 heterocycles. The van der Waals surface area contributed by atoms with Crippen molar-refractivity contribution in [1.82, 2.24) is 4.98 Å². The fourth-order valence-electron chi connectivity index (χ4n) is 3.80. The number of unbranched alkanes of at least 4 members (excludes halogenated alkanes) is 5. The summed E-state index contributed by atoms with van der Waals surface area (Å²) in [5.74, 6) is -1.12. The molecule has 2 aromatic carbocycles. The van der Waals surface area contributed by atoms with Crippen LogP contribution in [0.15, 0.2) is 60.8 Å². The maximum Gasteiger partial charge on any atom is 0.343 e. The Kier molecular flexibility index (Phi) is 9.61. The van der Waals surface area contributed by atoms with Crippen LogP contribution in [0, 0.1) is 5.82 Å². The van der Waals surface area contributed by atoms with E-state index in [0.29, 0.717) is 5.56 Å². The summed E-state index contributed by atoms with van der Waals surface area (Å²) in [6.07, 6.45) is 12.0. The Morgan fingerprint density at radius 3 is 2.15 bits per heavy atom. The fourth-order valence-corrected chi connectivity index (χ4v) is 3.80. The molecule has 0 atom stereocenters. The second-order valence-electron chi connectivity index (χ2n) is 8.55. The summed E-state index contributed by atoms with van der Waals surface area (Å²) in [6, 6.07) is 16.0. The van der Waals surface area contributed by atoms with Gasteiger partial charge in [-0.1, -0.05) is 70.2 Å². The van der Waals surface area contributed by atoms with Crippen LogP contribution in [0.25, 0.3) is 11.3 Å². The molecule has 0 unspecified atom stereocenters. The van der Waals surface area contributed by atoms with E-state index in [2.05, 4.69) is 24.9 Å². The number of pyridine rings is 1. The van der Waals surface area contributed by atoms with Gasteiger partial charge in [0.2, 0.25) is 0 Å². The van der Waals surface area contributed by atoms with E-state index < -0.39 is 11.8 Å². The highest BCUT2D eigenvalue weighted by Crippen LogP contribution is 2.23. The minimum Gasteiger partial charge on any atom is -0.420 e. The topological polar surface area (TPSA) is 39.2 Å². The van der Waals surface area contributed by atoms with Gasteiger partial charge in [-0.3, -0.25) is 4.98 Å². The van der Waals surface area contributed by atoms with Crippen LogP contribution >= 0.6 is 0 Å². The third-order valence-corrected chi connectivity index (χ3v) is 5.83. The van der Waals surface area contributed by atoms with Gasteiger partial charge in [-0.2, -0.15) is 0 Å². The predicted molar refractivity (Wildman–Crippen MR) is 132 cm³/mol. The molecule has 3 nitrogen and oxygen atoms in total. The van der Waals surface area contributed by atoms with Gasteiger partial charge in [0.25, 0.3) is 0 Å². The van der Waals surface area contributed by atoms with Gasteiger partial charge < -0.3 is 4.74 Å². The van der Waals surface area contributed by atoms with Gasteiger partial charge in [-0.15, -0.1) is 0 Å². The average molecular weight is 448 g/mol. The van der Waals surface area contributed by atoms with E-state index in [9.17, 15) is 9.18 Å². The Morgan fingerprint density at radius 2 is 1.48 bits per heavy atom. The standard InChI is InChI=1S/C29H34FNO2/c1-3-5-7-9-11-23-12-18-27(31-21-23)24-14-16-25(17-15-24)29(32)33-28-19-13-22(20-26(28)30)10-8-6-4-2/h12-21H,3-11H2,1-2H3.